The number of carbonyl (C=O) groups excluding carboxylic acids is 2. The first-order valence-electron chi connectivity index (χ1n) is 10.9. The number of hydrogen-bond acceptors (Lipinski definition) is 7. The number of ether oxygens (including phenoxy) is 4. The van der Waals surface area contributed by atoms with Crippen LogP contribution in [0.4, 0.5) is 0 Å². The zero-order valence-corrected chi connectivity index (χ0v) is 20.1. The van der Waals surface area contributed by atoms with Crippen molar-refractivity contribution in [1.82, 2.24) is 5.43 Å². The smallest absolute Gasteiger partial charge is 0.343 e. The van der Waals surface area contributed by atoms with E-state index in [1.165, 1.54) is 6.21 Å². The number of carbonyl (C=O) groups is 2. The van der Waals surface area contributed by atoms with Crippen LogP contribution >= 0.6 is 11.6 Å². The molecule has 0 aliphatic carbocycles. The molecule has 182 valence electrons. The quantitative estimate of drug-likeness (QED) is 0.176. The van der Waals surface area contributed by atoms with Gasteiger partial charge in [0.25, 0.3) is 5.91 Å². The van der Waals surface area contributed by atoms with Crippen LogP contribution in [-0.4, -0.2) is 37.9 Å². The molecule has 0 saturated carbocycles. The number of amides is 1. The topological polar surface area (TPSA) is 95.5 Å². The van der Waals surface area contributed by atoms with Crippen molar-refractivity contribution in [2.45, 2.75) is 13.8 Å². The van der Waals surface area contributed by atoms with Crippen LogP contribution in [0.3, 0.4) is 0 Å². The minimum Gasteiger partial charge on any atom is -0.494 e. The fraction of sp³-hybridized carbons (Fsp3) is 0.192. The van der Waals surface area contributed by atoms with Crippen LogP contribution in [0.5, 0.6) is 23.0 Å². The van der Waals surface area contributed by atoms with Gasteiger partial charge in [-0.05, 0) is 86.1 Å². The molecule has 0 aliphatic heterocycles. The summed E-state index contributed by atoms with van der Waals surface area (Å²) in [5, 5.41) is 4.51. The van der Waals surface area contributed by atoms with E-state index in [9.17, 15) is 9.59 Å². The summed E-state index contributed by atoms with van der Waals surface area (Å²) in [6, 6.07) is 18.3. The number of esters is 1. The summed E-state index contributed by atoms with van der Waals surface area (Å²) < 4.78 is 21.9. The summed E-state index contributed by atoms with van der Waals surface area (Å²) in [5.74, 6) is 0.874. The predicted octanol–water partition coefficient (Wildman–Crippen LogP) is 4.89. The number of nitrogens with zero attached hydrogens (tertiary/aromatic N) is 1. The fourth-order valence-corrected chi connectivity index (χ4v) is 2.99. The molecule has 0 aliphatic rings. The number of hydrazone groups is 1. The highest BCUT2D eigenvalue weighted by molar-refractivity contribution is 6.30. The normalized spacial score (nSPS) is 10.6. The van der Waals surface area contributed by atoms with E-state index >= 15 is 0 Å². The maximum Gasteiger partial charge on any atom is 0.343 e. The lowest BCUT2D eigenvalue weighted by Crippen LogP contribution is -2.24. The minimum atomic E-state index is -0.525. The summed E-state index contributed by atoms with van der Waals surface area (Å²) >= 11 is 5.82. The van der Waals surface area contributed by atoms with Gasteiger partial charge in [0, 0.05) is 5.02 Å². The van der Waals surface area contributed by atoms with Gasteiger partial charge in [0.2, 0.25) is 0 Å². The lowest BCUT2D eigenvalue weighted by atomic mass is 10.2. The summed E-state index contributed by atoms with van der Waals surface area (Å²) in [6.07, 6.45) is 1.45. The standard InChI is InChI=1S/C26H25ClN2O6/c1-3-32-21-10-6-19(7-11-21)26(31)35-23-14-5-18(15-24(23)33-4-2)16-28-29-25(30)17-34-22-12-8-20(27)9-13-22/h5-16H,3-4,17H2,1-2H3,(H,29,30)/b28-16+. The second kappa shape index (κ2) is 13.0. The second-order valence-electron chi connectivity index (χ2n) is 7.02. The number of benzene rings is 3. The molecule has 0 saturated heterocycles. The third-order valence-corrected chi connectivity index (χ3v) is 4.71. The second-order valence-corrected chi connectivity index (χ2v) is 7.46. The Bertz CT molecular complexity index is 1160. The Balaban J connectivity index is 1.58. The molecule has 35 heavy (non-hydrogen) atoms. The highest BCUT2D eigenvalue weighted by Crippen LogP contribution is 2.29. The van der Waals surface area contributed by atoms with Crippen molar-refractivity contribution >= 4 is 29.7 Å². The molecule has 0 fully saturated rings. The Morgan fingerprint density at radius 3 is 2.20 bits per heavy atom. The zero-order valence-electron chi connectivity index (χ0n) is 19.3. The van der Waals surface area contributed by atoms with Crippen molar-refractivity contribution in [1.29, 1.82) is 0 Å². The van der Waals surface area contributed by atoms with Crippen molar-refractivity contribution in [2.75, 3.05) is 19.8 Å². The van der Waals surface area contributed by atoms with Crippen molar-refractivity contribution in [3.63, 3.8) is 0 Å². The Labute approximate surface area is 208 Å². The van der Waals surface area contributed by atoms with Crippen LogP contribution in [0.15, 0.2) is 71.8 Å². The highest BCUT2D eigenvalue weighted by Gasteiger charge is 2.13. The molecule has 3 aromatic carbocycles. The zero-order chi connectivity index (χ0) is 25.0. The van der Waals surface area contributed by atoms with Gasteiger partial charge in [-0.2, -0.15) is 5.10 Å². The van der Waals surface area contributed by atoms with Crippen molar-refractivity contribution in [3.05, 3.63) is 82.9 Å². The molecule has 0 atom stereocenters. The van der Waals surface area contributed by atoms with Gasteiger partial charge in [0.05, 0.1) is 25.0 Å². The van der Waals surface area contributed by atoms with Crippen LogP contribution in [0, 0.1) is 0 Å². The van der Waals surface area contributed by atoms with Crippen molar-refractivity contribution in [3.8, 4) is 23.0 Å². The minimum absolute atomic E-state index is 0.205. The highest BCUT2D eigenvalue weighted by atomic mass is 35.5. The molecule has 0 radical (unpaired) electrons. The van der Waals surface area contributed by atoms with E-state index in [4.69, 9.17) is 30.5 Å². The SMILES string of the molecule is CCOc1ccc(C(=O)Oc2ccc(/C=N/NC(=O)COc3ccc(Cl)cc3)cc2OCC)cc1. The molecule has 8 nitrogen and oxygen atoms in total. The molecule has 3 aromatic rings. The van der Waals surface area contributed by atoms with E-state index in [1.54, 1.807) is 66.7 Å². The van der Waals surface area contributed by atoms with Crippen molar-refractivity contribution in [2.24, 2.45) is 5.10 Å². The van der Waals surface area contributed by atoms with Crippen molar-refractivity contribution < 1.29 is 28.5 Å². The maximum absolute atomic E-state index is 12.5. The first kappa shape index (κ1) is 25.6. The third-order valence-electron chi connectivity index (χ3n) is 4.46. The molecule has 0 aromatic heterocycles. The van der Waals surface area contributed by atoms with Crippen LogP contribution in [0.25, 0.3) is 0 Å². The number of rotatable bonds is 11. The van der Waals surface area contributed by atoms with Gasteiger partial charge in [0.15, 0.2) is 18.1 Å². The molecule has 0 bridgehead atoms. The van der Waals surface area contributed by atoms with Gasteiger partial charge >= 0.3 is 5.97 Å². The van der Waals surface area contributed by atoms with Crippen LogP contribution in [-0.2, 0) is 4.79 Å². The van der Waals surface area contributed by atoms with Gasteiger partial charge in [-0.15, -0.1) is 0 Å². The predicted molar refractivity (Wildman–Crippen MR) is 133 cm³/mol. The summed E-state index contributed by atoms with van der Waals surface area (Å²) in [7, 11) is 0. The van der Waals surface area contributed by atoms with Gasteiger partial charge in [0.1, 0.15) is 11.5 Å². The lowest BCUT2D eigenvalue weighted by Gasteiger charge is -2.11. The first-order valence-corrected chi connectivity index (χ1v) is 11.3. The van der Waals surface area contributed by atoms with Gasteiger partial charge < -0.3 is 18.9 Å². The van der Waals surface area contributed by atoms with Crippen LogP contribution < -0.4 is 24.4 Å². The lowest BCUT2D eigenvalue weighted by molar-refractivity contribution is -0.123. The van der Waals surface area contributed by atoms with Gasteiger partial charge in [-0.25, -0.2) is 10.2 Å². The molecular formula is C26H25ClN2O6. The largest absolute Gasteiger partial charge is 0.494 e. The molecular weight excluding hydrogens is 472 g/mol. The van der Waals surface area contributed by atoms with Crippen LogP contribution in [0.2, 0.25) is 5.02 Å². The number of hydrogen-bond donors (Lipinski definition) is 1. The first-order chi connectivity index (χ1) is 17.0. The molecule has 9 heteroatoms. The monoisotopic (exact) mass is 496 g/mol. The van der Waals surface area contributed by atoms with E-state index < -0.39 is 11.9 Å². The molecule has 0 spiro atoms. The third kappa shape index (κ3) is 8.04. The van der Waals surface area contributed by atoms with E-state index in [0.29, 0.717) is 46.6 Å². The Kier molecular flexibility index (Phi) is 9.50. The molecule has 3 rings (SSSR count). The fourth-order valence-electron chi connectivity index (χ4n) is 2.86. The molecule has 1 amide bonds. The summed E-state index contributed by atoms with van der Waals surface area (Å²) in [4.78, 5) is 24.5. The van der Waals surface area contributed by atoms with Crippen LogP contribution in [0.1, 0.15) is 29.8 Å². The Morgan fingerprint density at radius 1 is 0.857 bits per heavy atom. The Morgan fingerprint density at radius 2 is 1.51 bits per heavy atom. The molecule has 1 N–H and O–H groups in total. The number of nitrogens with one attached hydrogen (secondary N) is 1. The summed E-state index contributed by atoms with van der Waals surface area (Å²) in [6.45, 7) is 4.41. The Hall–Kier alpha value is -4.04. The van der Waals surface area contributed by atoms with E-state index in [0.717, 1.165) is 0 Å². The van der Waals surface area contributed by atoms with Gasteiger partial charge in [-0.3, -0.25) is 4.79 Å². The molecule has 0 heterocycles. The average molecular weight is 497 g/mol. The van der Waals surface area contributed by atoms with E-state index in [-0.39, 0.29) is 12.4 Å². The number of halogens is 1. The average Bonchev–Trinajstić information content (AvgIpc) is 2.86. The van der Waals surface area contributed by atoms with E-state index in [2.05, 4.69) is 10.5 Å². The maximum atomic E-state index is 12.5. The molecule has 0 unspecified atom stereocenters. The van der Waals surface area contributed by atoms with E-state index in [1.807, 2.05) is 13.8 Å². The van der Waals surface area contributed by atoms with Gasteiger partial charge in [-0.1, -0.05) is 11.6 Å². The summed E-state index contributed by atoms with van der Waals surface area (Å²) in [5.41, 5.74) is 3.40.